The number of amides is 2. The van der Waals surface area contributed by atoms with Gasteiger partial charge in [0.05, 0.1) is 0 Å². The third-order valence-electron chi connectivity index (χ3n) is 14.5. The van der Waals surface area contributed by atoms with Crippen molar-refractivity contribution in [2.24, 2.45) is 50.2 Å². The lowest BCUT2D eigenvalue weighted by Gasteiger charge is -2.70. The highest BCUT2D eigenvalue weighted by Gasteiger charge is 2.70. The zero-order chi connectivity index (χ0) is 33.5. The highest BCUT2D eigenvalue weighted by atomic mass is 16.2. The quantitative estimate of drug-likeness (QED) is 0.266. The molecule has 0 aromatic heterocycles. The number of carbonyl (C=O) groups is 4. The minimum atomic E-state index is -0.553. The summed E-state index contributed by atoms with van der Waals surface area (Å²) in [5.74, 6) is 0.402. The smallest absolute Gasteiger partial charge is 0.251 e. The molecule has 1 aromatic rings. The Morgan fingerprint density at radius 2 is 1.52 bits per heavy atom. The van der Waals surface area contributed by atoms with Gasteiger partial charge in [-0.15, -0.1) is 0 Å². The van der Waals surface area contributed by atoms with Crippen LogP contribution in [-0.2, 0) is 14.4 Å². The standard InChI is InChI=1S/C40H54N2O4/c1-25-23-38(6)30(35(2,3)32(25)44)14-15-40(8)31(38)29(43)22-27-28-24-37(5,17-16-36(28,4)18-19-39(27,40)7)34(46)42-21-20-41-33(45)26-12-10-9-11-13-26/h9-13,22,28,30-31H,1,14-21,23-24H2,2-8H3,(H,41,45)(H,42,46)/t28-,30-,31+,36+,37-,38-,39+,40+/m0/s1. The molecule has 0 heterocycles. The van der Waals surface area contributed by atoms with E-state index in [1.807, 2.05) is 24.3 Å². The second-order valence-corrected chi connectivity index (χ2v) is 17.5. The predicted molar refractivity (Wildman–Crippen MR) is 181 cm³/mol. The molecule has 4 fully saturated rings. The van der Waals surface area contributed by atoms with Gasteiger partial charge in [0.2, 0.25) is 5.91 Å². The summed E-state index contributed by atoms with van der Waals surface area (Å²) in [6.45, 7) is 20.6. The van der Waals surface area contributed by atoms with Crippen molar-refractivity contribution >= 4 is 23.4 Å². The lowest BCUT2D eigenvalue weighted by molar-refractivity contribution is -0.182. The fourth-order valence-corrected chi connectivity index (χ4v) is 11.6. The normalized spacial score (nSPS) is 41.2. The van der Waals surface area contributed by atoms with E-state index in [1.54, 1.807) is 12.1 Å². The first-order chi connectivity index (χ1) is 21.4. The maximum Gasteiger partial charge on any atom is 0.251 e. The molecule has 46 heavy (non-hydrogen) atoms. The number of hydrogen-bond acceptors (Lipinski definition) is 4. The maximum atomic E-state index is 14.6. The highest BCUT2D eigenvalue weighted by Crippen LogP contribution is 2.75. The zero-order valence-electron chi connectivity index (χ0n) is 29.1. The Balaban J connectivity index is 1.24. The van der Waals surface area contributed by atoms with Crippen molar-refractivity contribution in [3.8, 4) is 0 Å². The molecule has 6 nitrogen and oxygen atoms in total. The molecular formula is C40H54N2O4. The summed E-state index contributed by atoms with van der Waals surface area (Å²) in [5, 5.41) is 6.03. The van der Waals surface area contributed by atoms with E-state index >= 15 is 0 Å². The monoisotopic (exact) mass is 626 g/mol. The number of benzene rings is 1. The Kier molecular flexibility index (Phi) is 7.69. The second-order valence-electron chi connectivity index (χ2n) is 17.5. The van der Waals surface area contributed by atoms with E-state index in [0.717, 1.165) is 44.9 Å². The Hall–Kier alpha value is -3.02. The van der Waals surface area contributed by atoms with Crippen LogP contribution in [0.2, 0.25) is 0 Å². The van der Waals surface area contributed by atoms with Crippen LogP contribution in [-0.4, -0.2) is 36.5 Å². The first-order valence-corrected chi connectivity index (χ1v) is 17.5. The summed E-state index contributed by atoms with van der Waals surface area (Å²) >= 11 is 0. The molecule has 0 unspecified atom stereocenters. The summed E-state index contributed by atoms with van der Waals surface area (Å²) in [4.78, 5) is 54.1. The van der Waals surface area contributed by atoms with Crippen LogP contribution in [0, 0.1) is 50.2 Å². The topological polar surface area (TPSA) is 92.3 Å². The van der Waals surface area contributed by atoms with Gasteiger partial charge in [-0.1, -0.05) is 78.8 Å². The van der Waals surface area contributed by atoms with Gasteiger partial charge < -0.3 is 10.6 Å². The second kappa shape index (κ2) is 10.8. The van der Waals surface area contributed by atoms with Gasteiger partial charge >= 0.3 is 0 Å². The highest BCUT2D eigenvalue weighted by molar-refractivity contribution is 6.01. The van der Waals surface area contributed by atoms with Gasteiger partial charge in [0.15, 0.2) is 11.6 Å². The Labute approximate surface area is 275 Å². The Morgan fingerprint density at radius 3 is 2.22 bits per heavy atom. The number of hydrogen-bond donors (Lipinski definition) is 2. The number of fused-ring (bicyclic) bond motifs is 7. The maximum absolute atomic E-state index is 14.6. The molecule has 0 aliphatic heterocycles. The van der Waals surface area contributed by atoms with Crippen molar-refractivity contribution in [1.29, 1.82) is 0 Å². The molecule has 1 aromatic carbocycles. The fraction of sp³-hybridized carbons (Fsp3) is 0.650. The van der Waals surface area contributed by atoms with Crippen LogP contribution >= 0.6 is 0 Å². The van der Waals surface area contributed by atoms with E-state index in [1.165, 1.54) is 5.57 Å². The third kappa shape index (κ3) is 4.63. The van der Waals surface area contributed by atoms with Crippen molar-refractivity contribution in [2.45, 2.75) is 99.8 Å². The van der Waals surface area contributed by atoms with Crippen molar-refractivity contribution in [1.82, 2.24) is 10.6 Å². The summed E-state index contributed by atoms with van der Waals surface area (Å²) < 4.78 is 0. The van der Waals surface area contributed by atoms with E-state index in [2.05, 4.69) is 65.7 Å². The van der Waals surface area contributed by atoms with Crippen LogP contribution in [0.1, 0.15) is 110 Å². The molecule has 6 rings (SSSR count). The van der Waals surface area contributed by atoms with Crippen LogP contribution < -0.4 is 10.6 Å². The molecule has 4 saturated carbocycles. The largest absolute Gasteiger partial charge is 0.354 e. The molecule has 0 spiro atoms. The van der Waals surface area contributed by atoms with Gasteiger partial charge in [0.25, 0.3) is 5.91 Å². The minimum absolute atomic E-state index is 0.0308. The molecule has 2 amide bonds. The molecular weight excluding hydrogens is 572 g/mol. The first kappa shape index (κ1) is 32.9. The Bertz CT molecular complexity index is 1530. The molecule has 5 aliphatic carbocycles. The molecule has 0 bridgehead atoms. The lowest BCUT2D eigenvalue weighted by Crippen LogP contribution is -2.66. The number of carbonyl (C=O) groups excluding carboxylic acids is 4. The van der Waals surface area contributed by atoms with Gasteiger partial charge in [-0.05, 0) is 109 Å². The number of allylic oxidation sites excluding steroid dienone is 3. The molecule has 0 radical (unpaired) electrons. The van der Waals surface area contributed by atoms with Gasteiger partial charge in [0.1, 0.15) is 0 Å². The first-order valence-electron chi connectivity index (χ1n) is 17.5. The van der Waals surface area contributed by atoms with Gasteiger partial charge in [-0.3, -0.25) is 19.2 Å². The SMILES string of the molecule is C=C1C[C@]2(C)[C@H]3C(=O)C=C4[C@@H]5C[C@@](C)(C(=O)NCCNC(=O)c6ccccc6)CC[C@]5(C)CC[C@@]4(C)[C@]3(C)CC[C@H]2C(C)(C)C1=O. The fourth-order valence-electron chi connectivity index (χ4n) is 11.6. The van der Waals surface area contributed by atoms with E-state index in [0.29, 0.717) is 30.6 Å². The summed E-state index contributed by atoms with van der Waals surface area (Å²) in [6.07, 6.45) is 9.09. The van der Waals surface area contributed by atoms with Gasteiger partial charge in [-0.25, -0.2) is 0 Å². The number of ketones is 2. The van der Waals surface area contributed by atoms with E-state index in [-0.39, 0.29) is 62.8 Å². The predicted octanol–water partition coefficient (Wildman–Crippen LogP) is 7.25. The van der Waals surface area contributed by atoms with E-state index in [9.17, 15) is 19.2 Å². The van der Waals surface area contributed by atoms with Crippen molar-refractivity contribution in [2.75, 3.05) is 13.1 Å². The van der Waals surface area contributed by atoms with Gasteiger partial charge in [-0.2, -0.15) is 0 Å². The number of Topliss-reactive ketones (excluding diaryl/α,β-unsaturated/α-hetero) is 1. The third-order valence-corrected chi connectivity index (χ3v) is 14.5. The van der Waals surface area contributed by atoms with Gasteiger partial charge in [0, 0.05) is 35.4 Å². The van der Waals surface area contributed by atoms with E-state index in [4.69, 9.17) is 0 Å². The molecule has 8 atom stereocenters. The molecule has 6 heteroatoms. The number of rotatable bonds is 5. The summed E-state index contributed by atoms with van der Waals surface area (Å²) in [5.41, 5.74) is 0.808. The van der Waals surface area contributed by atoms with Crippen molar-refractivity contribution in [3.63, 3.8) is 0 Å². The van der Waals surface area contributed by atoms with Crippen molar-refractivity contribution in [3.05, 3.63) is 59.7 Å². The summed E-state index contributed by atoms with van der Waals surface area (Å²) in [7, 11) is 0. The van der Waals surface area contributed by atoms with E-state index < -0.39 is 10.8 Å². The van der Waals surface area contributed by atoms with Crippen molar-refractivity contribution < 1.29 is 19.2 Å². The zero-order valence-corrected chi connectivity index (χ0v) is 29.1. The Morgan fingerprint density at radius 1 is 0.870 bits per heavy atom. The lowest BCUT2D eigenvalue weighted by atomic mass is 9.33. The van der Waals surface area contributed by atoms with Crippen LogP contribution in [0.15, 0.2) is 54.1 Å². The summed E-state index contributed by atoms with van der Waals surface area (Å²) in [6, 6.07) is 9.10. The van der Waals surface area contributed by atoms with Crippen LogP contribution in [0.25, 0.3) is 0 Å². The average Bonchev–Trinajstić information content (AvgIpc) is 3.00. The molecule has 0 saturated heterocycles. The van der Waals surface area contributed by atoms with Crippen LogP contribution in [0.5, 0.6) is 0 Å². The number of nitrogens with one attached hydrogen (secondary N) is 2. The molecule has 2 N–H and O–H groups in total. The molecule has 248 valence electrons. The molecule has 5 aliphatic rings. The van der Waals surface area contributed by atoms with Crippen LogP contribution in [0.4, 0.5) is 0 Å². The average molecular weight is 627 g/mol. The minimum Gasteiger partial charge on any atom is -0.354 e. The van der Waals surface area contributed by atoms with Crippen LogP contribution in [0.3, 0.4) is 0 Å².